The molecule has 0 bridgehead atoms. The Kier molecular flexibility index (Phi) is 4.90. The number of rotatable bonds is 5. The quantitative estimate of drug-likeness (QED) is 0.724. The van der Waals surface area contributed by atoms with Gasteiger partial charge in [-0.05, 0) is 31.2 Å². The molecular weight excluding hydrogens is 362 g/mol. The Bertz CT molecular complexity index is 926. The summed E-state index contributed by atoms with van der Waals surface area (Å²) in [5.74, 6) is 0.926. The van der Waals surface area contributed by atoms with Gasteiger partial charge in [0.25, 0.3) is 0 Å². The molecule has 6 nitrogen and oxygen atoms in total. The lowest BCUT2D eigenvalue weighted by Gasteiger charge is -2.36. The number of furan rings is 1. The van der Waals surface area contributed by atoms with Crippen LogP contribution in [-0.2, 0) is 10.5 Å². The van der Waals surface area contributed by atoms with Crippen molar-refractivity contribution in [3.63, 3.8) is 0 Å². The minimum Gasteiger partial charge on any atom is -0.456 e. The van der Waals surface area contributed by atoms with Gasteiger partial charge in [-0.2, -0.15) is 0 Å². The maximum atomic E-state index is 11.6. The third-order valence-electron chi connectivity index (χ3n) is 4.55. The van der Waals surface area contributed by atoms with E-state index in [1.165, 1.54) is 11.8 Å². The van der Waals surface area contributed by atoms with Gasteiger partial charge in [-0.1, -0.05) is 30.0 Å². The molecule has 0 spiro atoms. The molecule has 1 N–H and O–H groups in total. The Balaban J connectivity index is 1.77. The average Bonchev–Trinajstić information content (AvgIpc) is 3.25. The standard InChI is InChI=1S/C20H21N3O3S/c1-14(12-25-2)23-19(22-16-7-5-9-21-11-16)27-13-20(23,24)18-10-15-6-3-4-8-17(15)26-18/h3-11,14,24H,12-13H2,1-2H3/t14-,20-/m1/s1. The van der Waals surface area contributed by atoms with Crippen molar-refractivity contribution in [1.82, 2.24) is 9.88 Å². The molecular formula is C20H21N3O3S. The van der Waals surface area contributed by atoms with E-state index in [1.807, 2.05) is 54.3 Å². The fourth-order valence-electron chi connectivity index (χ4n) is 3.32. The van der Waals surface area contributed by atoms with Gasteiger partial charge in [0, 0.05) is 18.7 Å². The minimum atomic E-state index is -1.30. The van der Waals surface area contributed by atoms with Gasteiger partial charge in [0.05, 0.1) is 30.3 Å². The molecule has 1 aliphatic heterocycles. The van der Waals surface area contributed by atoms with E-state index in [1.54, 1.807) is 19.5 Å². The highest BCUT2D eigenvalue weighted by molar-refractivity contribution is 8.14. The summed E-state index contributed by atoms with van der Waals surface area (Å²) in [6, 6.07) is 13.3. The van der Waals surface area contributed by atoms with Crippen LogP contribution in [0.15, 0.2) is 64.3 Å². The van der Waals surface area contributed by atoms with Gasteiger partial charge < -0.3 is 19.2 Å². The topological polar surface area (TPSA) is 71.1 Å². The highest BCUT2D eigenvalue weighted by atomic mass is 32.2. The van der Waals surface area contributed by atoms with Crippen molar-refractivity contribution in [3.8, 4) is 0 Å². The summed E-state index contributed by atoms with van der Waals surface area (Å²) < 4.78 is 11.3. The van der Waals surface area contributed by atoms with E-state index in [-0.39, 0.29) is 6.04 Å². The fraction of sp³-hybridized carbons (Fsp3) is 0.300. The molecule has 3 heterocycles. The van der Waals surface area contributed by atoms with Gasteiger partial charge >= 0.3 is 0 Å². The largest absolute Gasteiger partial charge is 0.456 e. The summed E-state index contributed by atoms with van der Waals surface area (Å²) in [7, 11) is 1.65. The monoisotopic (exact) mass is 383 g/mol. The highest BCUT2D eigenvalue weighted by Gasteiger charge is 2.49. The molecule has 0 aliphatic carbocycles. The molecule has 3 aromatic rings. The molecule has 27 heavy (non-hydrogen) atoms. The van der Waals surface area contributed by atoms with Gasteiger partial charge in [0.2, 0.25) is 5.72 Å². The number of nitrogens with zero attached hydrogens (tertiary/aromatic N) is 3. The van der Waals surface area contributed by atoms with Crippen LogP contribution in [0.4, 0.5) is 5.69 Å². The smallest absolute Gasteiger partial charge is 0.209 e. The second kappa shape index (κ2) is 7.34. The second-order valence-corrected chi connectivity index (χ2v) is 7.48. The molecule has 0 amide bonds. The lowest BCUT2D eigenvalue weighted by Crippen LogP contribution is -2.50. The summed E-state index contributed by atoms with van der Waals surface area (Å²) in [4.78, 5) is 10.7. The molecule has 4 rings (SSSR count). The van der Waals surface area contributed by atoms with Crippen molar-refractivity contribution in [2.75, 3.05) is 19.5 Å². The van der Waals surface area contributed by atoms with Crippen LogP contribution >= 0.6 is 11.8 Å². The molecule has 0 saturated carbocycles. The van der Waals surface area contributed by atoms with Gasteiger partial charge in [-0.15, -0.1) is 0 Å². The second-order valence-electron chi connectivity index (χ2n) is 6.53. The van der Waals surface area contributed by atoms with E-state index >= 15 is 0 Å². The number of fused-ring (bicyclic) bond motifs is 1. The molecule has 0 radical (unpaired) electrons. The Morgan fingerprint density at radius 2 is 2.22 bits per heavy atom. The van der Waals surface area contributed by atoms with Crippen LogP contribution in [-0.4, -0.2) is 45.7 Å². The summed E-state index contributed by atoms with van der Waals surface area (Å²) in [6.07, 6.45) is 3.41. The summed E-state index contributed by atoms with van der Waals surface area (Å²) in [5, 5.41) is 13.3. The lowest BCUT2D eigenvalue weighted by atomic mass is 10.1. The Hall–Kier alpha value is -2.35. The van der Waals surface area contributed by atoms with Gasteiger partial charge in [-0.25, -0.2) is 4.99 Å². The van der Waals surface area contributed by atoms with Gasteiger partial charge in [0.1, 0.15) is 5.58 Å². The molecule has 1 fully saturated rings. The first kappa shape index (κ1) is 18.0. The summed E-state index contributed by atoms with van der Waals surface area (Å²) in [6.45, 7) is 2.46. The van der Waals surface area contributed by atoms with Crippen molar-refractivity contribution in [1.29, 1.82) is 0 Å². The summed E-state index contributed by atoms with van der Waals surface area (Å²) >= 11 is 1.49. The summed E-state index contributed by atoms with van der Waals surface area (Å²) in [5.41, 5.74) is 0.189. The van der Waals surface area contributed by atoms with Crippen LogP contribution in [0.1, 0.15) is 12.7 Å². The predicted octanol–water partition coefficient (Wildman–Crippen LogP) is 3.74. The first-order chi connectivity index (χ1) is 13.1. The minimum absolute atomic E-state index is 0.0985. The van der Waals surface area contributed by atoms with Crippen LogP contribution in [0.2, 0.25) is 0 Å². The lowest BCUT2D eigenvalue weighted by molar-refractivity contribution is -0.0888. The maximum absolute atomic E-state index is 11.6. The fourth-order valence-corrected chi connectivity index (χ4v) is 4.57. The number of methoxy groups -OCH3 is 1. The van der Waals surface area contributed by atoms with Crippen molar-refractivity contribution in [2.45, 2.75) is 18.7 Å². The molecule has 0 unspecified atom stereocenters. The zero-order valence-corrected chi connectivity index (χ0v) is 16.0. The normalized spacial score (nSPS) is 22.6. The van der Waals surface area contributed by atoms with Crippen LogP contribution in [0.5, 0.6) is 0 Å². The third-order valence-corrected chi connectivity index (χ3v) is 5.64. The van der Waals surface area contributed by atoms with Crippen LogP contribution in [0.25, 0.3) is 11.0 Å². The van der Waals surface area contributed by atoms with Crippen molar-refractivity contribution in [2.24, 2.45) is 4.99 Å². The number of aromatic nitrogens is 1. The van der Waals surface area contributed by atoms with E-state index < -0.39 is 5.72 Å². The number of pyridine rings is 1. The zero-order chi connectivity index (χ0) is 18.9. The SMILES string of the molecule is COC[C@@H](C)N1C(=Nc2cccnc2)SC[C@@]1(O)c1cc2ccccc2o1. The van der Waals surface area contributed by atoms with E-state index in [4.69, 9.17) is 14.1 Å². The molecule has 140 valence electrons. The zero-order valence-electron chi connectivity index (χ0n) is 15.2. The van der Waals surface area contributed by atoms with Crippen LogP contribution in [0, 0.1) is 0 Å². The third kappa shape index (κ3) is 3.34. The molecule has 1 saturated heterocycles. The van der Waals surface area contributed by atoms with Crippen LogP contribution in [0.3, 0.4) is 0 Å². The highest BCUT2D eigenvalue weighted by Crippen LogP contribution is 2.43. The van der Waals surface area contributed by atoms with Crippen LogP contribution < -0.4 is 0 Å². The van der Waals surface area contributed by atoms with E-state index in [0.29, 0.717) is 18.1 Å². The van der Waals surface area contributed by atoms with Gasteiger partial charge in [0.15, 0.2) is 10.9 Å². The number of para-hydroxylation sites is 1. The molecule has 1 aromatic carbocycles. The van der Waals surface area contributed by atoms with Crippen molar-refractivity contribution in [3.05, 3.63) is 60.6 Å². The number of aliphatic hydroxyl groups is 1. The maximum Gasteiger partial charge on any atom is 0.209 e. The van der Waals surface area contributed by atoms with Crippen molar-refractivity contribution >= 4 is 33.6 Å². The number of amidine groups is 1. The Morgan fingerprint density at radius 1 is 1.37 bits per heavy atom. The average molecular weight is 383 g/mol. The van der Waals surface area contributed by atoms with E-state index in [0.717, 1.165) is 21.8 Å². The van der Waals surface area contributed by atoms with Gasteiger partial charge in [-0.3, -0.25) is 4.98 Å². The Labute approximate surface area is 161 Å². The number of aliphatic imine (C=N–C) groups is 1. The first-order valence-electron chi connectivity index (χ1n) is 8.73. The van der Waals surface area contributed by atoms with E-state index in [9.17, 15) is 5.11 Å². The van der Waals surface area contributed by atoms with Crippen molar-refractivity contribution < 1.29 is 14.3 Å². The number of benzene rings is 1. The number of thioether (sulfide) groups is 1. The predicted molar refractivity (Wildman–Crippen MR) is 107 cm³/mol. The van der Waals surface area contributed by atoms with E-state index in [2.05, 4.69) is 4.98 Å². The first-order valence-corrected chi connectivity index (χ1v) is 9.71. The number of hydrogen-bond acceptors (Lipinski definition) is 6. The molecule has 2 aromatic heterocycles. The molecule has 7 heteroatoms. The number of hydrogen-bond donors (Lipinski definition) is 1. The molecule has 1 aliphatic rings. The Morgan fingerprint density at radius 3 is 2.96 bits per heavy atom. The molecule has 2 atom stereocenters. The number of ether oxygens (including phenoxy) is 1.